The van der Waals surface area contributed by atoms with Crippen LogP contribution in [0.4, 0.5) is 0 Å². The lowest BCUT2D eigenvalue weighted by Gasteiger charge is -2.11. The van der Waals surface area contributed by atoms with Crippen LogP contribution in [-0.2, 0) is 9.47 Å². The van der Waals surface area contributed by atoms with Crippen molar-refractivity contribution in [3.05, 3.63) is 23.8 Å². The molecule has 6 heteroatoms. The third-order valence-corrected chi connectivity index (χ3v) is 2.28. The van der Waals surface area contributed by atoms with Crippen LogP contribution in [0.5, 0.6) is 11.5 Å². The Morgan fingerprint density at radius 2 is 1.68 bits per heavy atom. The predicted molar refractivity (Wildman–Crippen MR) is 68.1 cm³/mol. The first-order valence-electron chi connectivity index (χ1n) is 5.80. The molecule has 0 aliphatic heterocycles. The third-order valence-electron chi connectivity index (χ3n) is 2.28. The molecule has 1 N–H and O–H groups in total. The highest BCUT2D eigenvalue weighted by Gasteiger charge is 2.12. The van der Waals surface area contributed by atoms with Crippen LogP contribution in [0.1, 0.15) is 10.4 Å². The smallest absolute Gasteiger partial charge is 0.339 e. The second-order valence-electron chi connectivity index (χ2n) is 3.65. The van der Waals surface area contributed by atoms with Crippen LogP contribution in [0.25, 0.3) is 0 Å². The largest absolute Gasteiger partial charge is 0.491 e. The number of benzene rings is 1. The number of carboxylic acids is 1. The standard InChI is InChI=1S/C13H18O6/c1-16-5-7-18-10-3-4-11(13(14)15)12(9-10)19-8-6-17-2/h3-4,9H,5-8H2,1-2H3,(H,14,15). The minimum absolute atomic E-state index is 0.0928. The van der Waals surface area contributed by atoms with Gasteiger partial charge in [-0.2, -0.15) is 0 Å². The molecule has 0 aliphatic carbocycles. The highest BCUT2D eigenvalue weighted by atomic mass is 16.5. The van der Waals surface area contributed by atoms with Crippen molar-refractivity contribution in [2.75, 3.05) is 40.6 Å². The quantitative estimate of drug-likeness (QED) is 0.684. The fraction of sp³-hybridized carbons (Fsp3) is 0.462. The van der Waals surface area contributed by atoms with Crippen molar-refractivity contribution in [3.8, 4) is 11.5 Å². The van der Waals surface area contributed by atoms with Gasteiger partial charge in [0.05, 0.1) is 13.2 Å². The van der Waals surface area contributed by atoms with Crippen molar-refractivity contribution >= 4 is 5.97 Å². The molecular weight excluding hydrogens is 252 g/mol. The average molecular weight is 270 g/mol. The molecule has 0 heterocycles. The molecule has 0 amide bonds. The number of methoxy groups -OCH3 is 2. The minimum atomic E-state index is -1.05. The molecule has 19 heavy (non-hydrogen) atoms. The van der Waals surface area contributed by atoms with Crippen molar-refractivity contribution in [1.82, 2.24) is 0 Å². The van der Waals surface area contributed by atoms with E-state index < -0.39 is 5.97 Å². The van der Waals surface area contributed by atoms with Crippen molar-refractivity contribution < 1.29 is 28.8 Å². The predicted octanol–water partition coefficient (Wildman–Crippen LogP) is 1.44. The summed E-state index contributed by atoms with van der Waals surface area (Å²) in [5.41, 5.74) is 0.0928. The highest BCUT2D eigenvalue weighted by molar-refractivity contribution is 5.91. The molecule has 0 unspecified atom stereocenters. The first-order chi connectivity index (χ1) is 9.19. The maximum absolute atomic E-state index is 11.1. The van der Waals surface area contributed by atoms with Crippen molar-refractivity contribution in [1.29, 1.82) is 0 Å². The van der Waals surface area contributed by atoms with Gasteiger partial charge in [0.2, 0.25) is 0 Å². The van der Waals surface area contributed by atoms with E-state index in [0.29, 0.717) is 25.6 Å². The molecule has 0 aliphatic rings. The summed E-state index contributed by atoms with van der Waals surface area (Å²) in [4.78, 5) is 11.1. The molecule has 1 aromatic rings. The van der Waals surface area contributed by atoms with Crippen LogP contribution in [0.2, 0.25) is 0 Å². The second kappa shape index (κ2) is 8.34. The fourth-order valence-electron chi connectivity index (χ4n) is 1.37. The molecule has 0 saturated carbocycles. The summed E-state index contributed by atoms with van der Waals surface area (Å²) in [6.07, 6.45) is 0. The Balaban J connectivity index is 2.75. The number of carboxylic acid groups (broad SMARTS) is 1. The zero-order chi connectivity index (χ0) is 14.1. The van der Waals surface area contributed by atoms with Gasteiger partial charge in [-0.05, 0) is 12.1 Å². The van der Waals surface area contributed by atoms with E-state index in [1.54, 1.807) is 26.4 Å². The molecule has 1 rings (SSSR count). The second-order valence-corrected chi connectivity index (χ2v) is 3.65. The summed E-state index contributed by atoms with van der Waals surface area (Å²) in [7, 11) is 3.13. The van der Waals surface area contributed by atoms with Crippen molar-refractivity contribution in [2.45, 2.75) is 0 Å². The summed E-state index contributed by atoms with van der Waals surface area (Å²) in [6.45, 7) is 1.51. The van der Waals surface area contributed by atoms with Gasteiger partial charge >= 0.3 is 5.97 Å². The molecule has 0 spiro atoms. The average Bonchev–Trinajstić information content (AvgIpc) is 2.39. The maximum Gasteiger partial charge on any atom is 0.339 e. The Morgan fingerprint density at radius 3 is 2.26 bits per heavy atom. The van der Waals surface area contributed by atoms with E-state index in [9.17, 15) is 4.79 Å². The lowest BCUT2D eigenvalue weighted by Crippen LogP contribution is -2.09. The van der Waals surface area contributed by atoms with Gasteiger partial charge in [0.25, 0.3) is 0 Å². The van der Waals surface area contributed by atoms with E-state index in [4.69, 9.17) is 24.1 Å². The molecule has 0 atom stereocenters. The Morgan fingerprint density at radius 1 is 1.05 bits per heavy atom. The Labute approximate surface area is 111 Å². The Bertz CT molecular complexity index is 404. The number of ether oxygens (including phenoxy) is 4. The van der Waals surface area contributed by atoms with Gasteiger partial charge in [0, 0.05) is 20.3 Å². The van der Waals surface area contributed by atoms with Crippen LogP contribution in [0.3, 0.4) is 0 Å². The van der Waals surface area contributed by atoms with Crippen molar-refractivity contribution in [3.63, 3.8) is 0 Å². The Kier molecular flexibility index (Phi) is 6.70. The molecule has 0 aromatic heterocycles. The summed E-state index contributed by atoms with van der Waals surface area (Å²) in [5, 5.41) is 9.06. The van der Waals surface area contributed by atoms with Gasteiger partial charge in [-0.1, -0.05) is 0 Å². The van der Waals surface area contributed by atoms with Crippen LogP contribution in [0, 0.1) is 0 Å². The number of hydrogen-bond acceptors (Lipinski definition) is 5. The minimum Gasteiger partial charge on any atom is -0.491 e. The number of hydrogen-bond donors (Lipinski definition) is 1. The number of rotatable bonds is 9. The topological polar surface area (TPSA) is 74.2 Å². The van der Waals surface area contributed by atoms with Gasteiger partial charge in [-0.3, -0.25) is 0 Å². The lowest BCUT2D eigenvalue weighted by atomic mass is 10.2. The van der Waals surface area contributed by atoms with Crippen LogP contribution in [-0.4, -0.2) is 51.7 Å². The molecular formula is C13H18O6. The van der Waals surface area contributed by atoms with E-state index in [0.717, 1.165) is 0 Å². The normalized spacial score (nSPS) is 10.2. The summed E-state index contributed by atoms with van der Waals surface area (Å²) < 4.78 is 20.5. The monoisotopic (exact) mass is 270 g/mol. The fourth-order valence-corrected chi connectivity index (χ4v) is 1.37. The molecule has 0 fully saturated rings. The highest BCUT2D eigenvalue weighted by Crippen LogP contribution is 2.25. The maximum atomic E-state index is 11.1. The van der Waals surface area contributed by atoms with Crippen LogP contribution in [0.15, 0.2) is 18.2 Å². The summed E-state index contributed by atoms with van der Waals surface area (Å²) >= 11 is 0. The third kappa shape index (κ3) is 5.15. The molecule has 1 aromatic carbocycles. The molecule has 0 radical (unpaired) electrons. The zero-order valence-electron chi connectivity index (χ0n) is 11.0. The molecule has 0 bridgehead atoms. The van der Waals surface area contributed by atoms with E-state index >= 15 is 0 Å². The lowest BCUT2D eigenvalue weighted by molar-refractivity contribution is 0.0689. The first kappa shape index (κ1) is 15.3. The first-order valence-corrected chi connectivity index (χ1v) is 5.80. The van der Waals surface area contributed by atoms with Gasteiger partial charge in [-0.25, -0.2) is 4.79 Å². The van der Waals surface area contributed by atoms with Crippen LogP contribution < -0.4 is 9.47 Å². The van der Waals surface area contributed by atoms with E-state index in [-0.39, 0.29) is 17.9 Å². The van der Waals surface area contributed by atoms with Crippen LogP contribution >= 0.6 is 0 Å². The van der Waals surface area contributed by atoms with Gasteiger partial charge < -0.3 is 24.1 Å². The summed E-state index contributed by atoms with van der Waals surface area (Å²) in [6, 6.07) is 4.59. The van der Waals surface area contributed by atoms with E-state index in [1.165, 1.54) is 6.07 Å². The van der Waals surface area contributed by atoms with E-state index in [2.05, 4.69) is 0 Å². The summed E-state index contributed by atoms with van der Waals surface area (Å²) in [5.74, 6) is -0.246. The number of aromatic carboxylic acids is 1. The molecule has 106 valence electrons. The van der Waals surface area contributed by atoms with Gasteiger partial charge in [0.15, 0.2) is 0 Å². The SMILES string of the molecule is COCCOc1ccc(C(=O)O)c(OCCOC)c1. The van der Waals surface area contributed by atoms with Crippen molar-refractivity contribution in [2.24, 2.45) is 0 Å². The Hall–Kier alpha value is -1.79. The zero-order valence-corrected chi connectivity index (χ0v) is 11.0. The van der Waals surface area contributed by atoms with Gasteiger partial charge in [0.1, 0.15) is 30.3 Å². The van der Waals surface area contributed by atoms with E-state index in [1.807, 2.05) is 0 Å². The molecule has 0 saturated heterocycles. The number of carbonyl (C=O) groups is 1. The molecule has 6 nitrogen and oxygen atoms in total. The van der Waals surface area contributed by atoms with Gasteiger partial charge in [-0.15, -0.1) is 0 Å².